The lowest BCUT2D eigenvalue weighted by Gasteiger charge is -2.13. The quantitative estimate of drug-likeness (QED) is 0.550. The van der Waals surface area contributed by atoms with Gasteiger partial charge < -0.3 is 9.47 Å². The monoisotopic (exact) mass is 382 g/mol. The second-order valence-corrected chi connectivity index (χ2v) is 6.39. The first-order chi connectivity index (χ1) is 10.4. The molecule has 116 valence electrons. The average Bonchev–Trinajstić information content (AvgIpc) is 2.40. The first-order valence-electron chi connectivity index (χ1n) is 6.73. The maximum Gasteiger partial charge on any atom is 0.349 e. The van der Waals surface area contributed by atoms with Crippen LogP contribution >= 0.6 is 27.5 Å². The lowest BCUT2D eigenvalue weighted by atomic mass is 10.1. The SMILES string of the molecule is Cc1cc(C)c(OCC(=O)Oc2ccc(Br)cc2Cl)c(C)c1. The summed E-state index contributed by atoms with van der Waals surface area (Å²) in [5.41, 5.74) is 3.14. The third kappa shape index (κ3) is 4.24. The molecule has 0 bridgehead atoms. The molecule has 0 amide bonds. The molecule has 0 N–H and O–H groups in total. The molecular weight excluding hydrogens is 368 g/mol. The number of carbonyl (C=O) groups is 1. The van der Waals surface area contributed by atoms with E-state index in [0.717, 1.165) is 21.2 Å². The number of hydrogen-bond acceptors (Lipinski definition) is 3. The summed E-state index contributed by atoms with van der Waals surface area (Å²) in [7, 11) is 0. The maximum atomic E-state index is 11.9. The predicted molar refractivity (Wildman–Crippen MR) is 90.9 cm³/mol. The predicted octanol–water partition coefficient (Wildman–Crippen LogP) is 5.01. The van der Waals surface area contributed by atoms with Crippen LogP contribution in [0.25, 0.3) is 0 Å². The highest BCUT2D eigenvalue weighted by Gasteiger charge is 2.12. The fourth-order valence-electron chi connectivity index (χ4n) is 2.24. The van der Waals surface area contributed by atoms with Gasteiger partial charge in [0.15, 0.2) is 6.61 Å². The van der Waals surface area contributed by atoms with Crippen molar-refractivity contribution in [3.8, 4) is 11.5 Å². The third-order valence-corrected chi connectivity index (χ3v) is 3.85. The molecule has 3 nitrogen and oxygen atoms in total. The van der Waals surface area contributed by atoms with E-state index in [0.29, 0.717) is 16.5 Å². The van der Waals surface area contributed by atoms with E-state index in [2.05, 4.69) is 15.9 Å². The van der Waals surface area contributed by atoms with Crippen molar-refractivity contribution in [1.82, 2.24) is 0 Å². The number of carbonyl (C=O) groups excluding carboxylic acids is 1. The normalized spacial score (nSPS) is 10.4. The molecule has 2 rings (SSSR count). The molecule has 0 aromatic heterocycles. The molecule has 0 heterocycles. The summed E-state index contributed by atoms with van der Waals surface area (Å²) in [6.07, 6.45) is 0. The zero-order chi connectivity index (χ0) is 16.3. The van der Waals surface area contributed by atoms with Gasteiger partial charge in [0.1, 0.15) is 11.5 Å². The summed E-state index contributed by atoms with van der Waals surface area (Å²) < 4.78 is 11.6. The Balaban J connectivity index is 2.02. The van der Waals surface area contributed by atoms with Gasteiger partial charge in [-0.15, -0.1) is 0 Å². The minimum Gasteiger partial charge on any atom is -0.481 e. The molecule has 5 heteroatoms. The number of aryl methyl sites for hydroxylation is 3. The van der Waals surface area contributed by atoms with Gasteiger partial charge in [-0.25, -0.2) is 4.79 Å². The van der Waals surface area contributed by atoms with Crippen LogP contribution in [-0.4, -0.2) is 12.6 Å². The van der Waals surface area contributed by atoms with Crippen molar-refractivity contribution in [3.63, 3.8) is 0 Å². The van der Waals surface area contributed by atoms with Gasteiger partial charge in [0, 0.05) is 4.47 Å². The van der Waals surface area contributed by atoms with Crippen molar-refractivity contribution < 1.29 is 14.3 Å². The summed E-state index contributed by atoms with van der Waals surface area (Å²) in [4.78, 5) is 11.9. The Labute approximate surface area is 143 Å². The number of halogens is 2. The topological polar surface area (TPSA) is 35.5 Å². The van der Waals surface area contributed by atoms with Crippen molar-refractivity contribution in [1.29, 1.82) is 0 Å². The van der Waals surface area contributed by atoms with E-state index in [4.69, 9.17) is 21.1 Å². The van der Waals surface area contributed by atoms with Gasteiger partial charge in [-0.05, 0) is 50.1 Å². The molecule has 0 atom stereocenters. The molecule has 0 spiro atoms. The van der Waals surface area contributed by atoms with E-state index < -0.39 is 5.97 Å². The number of hydrogen-bond donors (Lipinski definition) is 0. The first-order valence-corrected chi connectivity index (χ1v) is 7.90. The van der Waals surface area contributed by atoms with E-state index >= 15 is 0 Å². The highest BCUT2D eigenvalue weighted by atomic mass is 79.9. The zero-order valence-corrected chi connectivity index (χ0v) is 14.9. The molecule has 0 saturated carbocycles. The van der Waals surface area contributed by atoms with Crippen molar-refractivity contribution in [2.24, 2.45) is 0 Å². The van der Waals surface area contributed by atoms with Gasteiger partial charge in [-0.1, -0.05) is 45.2 Å². The second kappa shape index (κ2) is 7.16. The Morgan fingerprint density at radius 3 is 2.36 bits per heavy atom. The van der Waals surface area contributed by atoms with Crippen LogP contribution in [0.3, 0.4) is 0 Å². The van der Waals surface area contributed by atoms with Crippen molar-refractivity contribution in [2.45, 2.75) is 20.8 Å². The number of benzene rings is 2. The van der Waals surface area contributed by atoms with Crippen molar-refractivity contribution in [3.05, 3.63) is 56.5 Å². The molecule has 0 unspecified atom stereocenters. The van der Waals surface area contributed by atoms with Crippen LogP contribution in [0, 0.1) is 20.8 Å². The molecule has 0 aliphatic rings. The molecular formula is C17H16BrClO3. The Morgan fingerprint density at radius 2 is 1.77 bits per heavy atom. The van der Waals surface area contributed by atoms with E-state index in [1.165, 1.54) is 0 Å². The van der Waals surface area contributed by atoms with E-state index in [-0.39, 0.29) is 6.61 Å². The van der Waals surface area contributed by atoms with Crippen molar-refractivity contribution >= 4 is 33.5 Å². The minimum absolute atomic E-state index is 0.170. The van der Waals surface area contributed by atoms with E-state index in [1.54, 1.807) is 18.2 Å². The van der Waals surface area contributed by atoms with Gasteiger partial charge >= 0.3 is 5.97 Å². The molecule has 0 aliphatic heterocycles. The summed E-state index contributed by atoms with van der Waals surface area (Å²) >= 11 is 9.31. The summed E-state index contributed by atoms with van der Waals surface area (Å²) in [6, 6.07) is 9.08. The summed E-state index contributed by atoms with van der Waals surface area (Å²) in [5.74, 6) is 0.531. The lowest BCUT2D eigenvalue weighted by molar-refractivity contribution is -0.136. The largest absolute Gasteiger partial charge is 0.481 e. The van der Waals surface area contributed by atoms with Crippen LogP contribution in [0.15, 0.2) is 34.8 Å². The van der Waals surface area contributed by atoms with Gasteiger partial charge in [0.25, 0.3) is 0 Å². The van der Waals surface area contributed by atoms with Gasteiger partial charge in [0.05, 0.1) is 5.02 Å². The Morgan fingerprint density at radius 1 is 1.14 bits per heavy atom. The van der Waals surface area contributed by atoms with Gasteiger partial charge in [-0.2, -0.15) is 0 Å². The van der Waals surface area contributed by atoms with Crippen LogP contribution in [0.2, 0.25) is 5.02 Å². The summed E-state index contributed by atoms with van der Waals surface area (Å²) in [5, 5.41) is 0.366. The highest BCUT2D eigenvalue weighted by molar-refractivity contribution is 9.10. The first kappa shape index (κ1) is 16.8. The molecule has 0 aliphatic carbocycles. The van der Waals surface area contributed by atoms with Crippen LogP contribution < -0.4 is 9.47 Å². The van der Waals surface area contributed by atoms with Crippen molar-refractivity contribution in [2.75, 3.05) is 6.61 Å². The molecule has 0 radical (unpaired) electrons. The van der Waals surface area contributed by atoms with Crippen LogP contribution in [0.1, 0.15) is 16.7 Å². The second-order valence-electron chi connectivity index (χ2n) is 5.07. The average molecular weight is 384 g/mol. The standard InChI is InChI=1S/C17H16BrClO3/c1-10-6-11(2)17(12(3)7-10)21-9-16(20)22-15-5-4-13(18)8-14(15)19/h4-8H,9H2,1-3H3. The zero-order valence-electron chi connectivity index (χ0n) is 12.6. The molecule has 0 fully saturated rings. The molecule has 0 saturated heterocycles. The van der Waals surface area contributed by atoms with E-state index in [9.17, 15) is 4.79 Å². The summed E-state index contributed by atoms with van der Waals surface area (Å²) in [6.45, 7) is 5.75. The number of esters is 1. The Kier molecular flexibility index (Phi) is 5.48. The van der Waals surface area contributed by atoms with Crippen LogP contribution in [0.5, 0.6) is 11.5 Å². The Bertz CT molecular complexity index is 690. The van der Waals surface area contributed by atoms with Crippen LogP contribution in [-0.2, 0) is 4.79 Å². The fourth-order valence-corrected chi connectivity index (χ4v) is 2.95. The number of ether oxygens (including phenoxy) is 2. The molecule has 2 aromatic rings. The maximum absolute atomic E-state index is 11.9. The third-order valence-electron chi connectivity index (χ3n) is 3.06. The van der Waals surface area contributed by atoms with Gasteiger partial charge in [-0.3, -0.25) is 0 Å². The number of rotatable bonds is 4. The minimum atomic E-state index is -0.497. The van der Waals surface area contributed by atoms with Gasteiger partial charge in [0.2, 0.25) is 0 Å². The lowest BCUT2D eigenvalue weighted by Crippen LogP contribution is -2.18. The highest BCUT2D eigenvalue weighted by Crippen LogP contribution is 2.28. The Hall–Kier alpha value is -1.52. The molecule has 22 heavy (non-hydrogen) atoms. The smallest absolute Gasteiger partial charge is 0.349 e. The van der Waals surface area contributed by atoms with E-state index in [1.807, 2.05) is 32.9 Å². The fraction of sp³-hybridized carbons (Fsp3) is 0.235. The van der Waals surface area contributed by atoms with Crippen LogP contribution in [0.4, 0.5) is 0 Å². The molecule has 2 aromatic carbocycles.